The summed E-state index contributed by atoms with van der Waals surface area (Å²) >= 11 is 0. The maximum Gasteiger partial charge on any atom is 0.245 e. The molecule has 2 N–H and O–H groups in total. The van der Waals surface area contributed by atoms with Crippen LogP contribution < -0.4 is 10.1 Å². The van der Waals surface area contributed by atoms with Crippen LogP contribution in [0.2, 0.25) is 0 Å². The summed E-state index contributed by atoms with van der Waals surface area (Å²) in [6.07, 6.45) is 6.50. The summed E-state index contributed by atoms with van der Waals surface area (Å²) < 4.78 is 6.06. The second kappa shape index (κ2) is 5.03. The minimum absolute atomic E-state index is 0.252. The highest BCUT2D eigenvalue weighted by molar-refractivity contribution is 5.76. The van der Waals surface area contributed by atoms with Crippen LogP contribution in [0.5, 0.6) is 5.88 Å². The molecule has 6 nitrogen and oxygen atoms in total. The fourth-order valence-corrected chi connectivity index (χ4v) is 2.51. The van der Waals surface area contributed by atoms with Gasteiger partial charge in [0.15, 0.2) is 5.65 Å². The van der Waals surface area contributed by atoms with Crippen molar-refractivity contribution in [2.75, 3.05) is 12.4 Å². The monoisotopic (exact) mass is 261 g/mol. The quantitative estimate of drug-likeness (QED) is 0.887. The first kappa shape index (κ1) is 12.2. The van der Waals surface area contributed by atoms with Gasteiger partial charge in [0.1, 0.15) is 11.6 Å². The van der Waals surface area contributed by atoms with E-state index in [1.165, 1.54) is 12.8 Å². The van der Waals surface area contributed by atoms with Gasteiger partial charge >= 0.3 is 0 Å². The lowest BCUT2D eigenvalue weighted by molar-refractivity contribution is 0.132. The SMILES string of the molecule is CNc1nc(OC2CCC(C)CC2)c2[nH]cnc2n1. The number of aromatic amines is 1. The van der Waals surface area contributed by atoms with Crippen LogP contribution in [0.25, 0.3) is 11.2 Å². The van der Waals surface area contributed by atoms with E-state index in [0.29, 0.717) is 17.5 Å². The van der Waals surface area contributed by atoms with Gasteiger partial charge in [-0.25, -0.2) is 4.98 Å². The Morgan fingerprint density at radius 3 is 2.79 bits per heavy atom. The lowest BCUT2D eigenvalue weighted by Crippen LogP contribution is -2.23. The maximum absolute atomic E-state index is 6.06. The van der Waals surface area contributed by atoms with Gasteiger partial charge < -0.3 is 15.0 Å². The predicted octanol–water partition coefficient (Wildman–Crippen LogP) is 2.35. The molecule has 3 rings (SSSR count). The first-order valence-electron chi connectivity index (χ1n) is 6.82. The number of nitrogens with zero attached hydrogens (tertiary/aromatic N) is 3. The summed E-state index contributed by atoms with van der Waals surface area (Å²) in [5.74, 6) is 1.95. The van der Waals surface area contributed by atoms with E-state index < -0.39 is 0 Å². The Hall–Kier alpha value is -1.85. The van der Waals surface area contributed by atoms with Gasteiger partial charge in [0.25, 0.3) is 0 Å². The molecule has 0 amide bonds. The van der Waals surface area contributed by atoms with Crippen molar-refractivity contribution < 1.29 is 4.74 Å². The molecule has 2 aromatic rings. The number of aromatic nitrogens is 4. The van der Waals surface area contributed by atoms with E-state index >= 15 is 0 Å². The molecule has 1 fully saturated rings. The van der Waals surface area contributed by atoms with Crippen LogP contribution in [-0.2, 0) is 0 Å². The fourth-order valence-electron chi connectivity index (χ4n) is 2.51. The number of imidazole rings is 1. The zero-order valence-corrected chi connectivity index (χ0v) is 11.3. The van der Waals surface area contributed by atoms with Gasteiger partial charge in [-0.05, 0) is 31.6 Å². The van der Waals surface area contributed by atoms with Gasteiger partial charge in [0.2, 0.25) is 11.8 Å². The standard InChI is InChI=1S/C13H19N5O/c1-8-3-5-9(6-4-8)19-12-10-11(16-7-15-10)17-13(14-2)18-12/h7-9H,3-6H2,1-2H3,(H2,14,15,16,17,18). The molecule has 19 heavy (non-hydrogen) atoms. The molecule has 2 aromatic heterocycles. The smallest absolute Gasteiger partial charge is 0.245 e. The van der Waals surface area contributed by atoms with E-state index in [0.717, 1.165) is 24.3 Å². The summed E-state index contributed by atoms with van der Waals surface area (Å²) in [5.41, 5.74) is 1.41. The van der Waals surface area contributed by atoms with Crippen molar-refractivity contribution in [3.8, 4) is 5.88 Å². The van der Waals surface area contributed by atoms with E-state index in [4.69, 9.17) is 4.74 Å². The van der Waals surface area contributed by atoms with Gasteiger partial charge in [0.05, 0.1) is 6.33 Å². The Balaban J connectivity index is 1.85. The van der Waals surface area contributed by atoms with Gasteiger partial charge in [0, 0.05) is 7.05 Å². The van der Waals surface area contributed by atoms with Gasteiger partial charge in [-0.1, -0.05) is 6.92 Å². The Kier molecular flexibility index (Phi) is 3.23. The summed E-state index contributed by atoms with van der Waals surface area (Å²) in [7, 11) is 1.79. The summed E-state index contributed by atoms with van der Waals surface area (Å²) in [6, 6.07) is 0. The molecule has 0 saturated heterocycles. The lowest BCUT2D eigenvalue weighted by atomic mass is 9.89. The number of fused-ring (bicyclic) bond motifs is 1. The van der Waals surface area contributed by atoms with Gasteiger partial charge in [-0.2, -0.15) is 9.97 Å². The number of nitrogens with one attached hydrogen (secondary N) is 2. The summed E-state index contributed by atoms with van der Waals surface area (Å²) in [5, 5.41) is 2.94. The third-order valence-corrected chi connectivity index (χ3v) is 3.72. The zero-order valence-electron chi connectivity index (χ0n) is 11.3. The van der Waals surface area contributed by atoms with Crippen LogP contribution in [-0.4, -0.2) is 33.1 Å². The molecule has 1 aliphatic rings. The molecule has 0 radical (unpaired) electrons. The highest BCUT2D eigenvalue weighted by Crippen LogP contribution is 2.29. The second-order valence-corrected chi connectivity index (χ2v) is 5.20. The average Bonchev–Trinajstić information content (AvgIpc) is 2.89. The van der Waals surface area contributed by atoms with Crippen molar-refractivity contribution in [3.63, 3.8) is 0 Å². The lowest BCUT2D eigenvalue weighted by Gasteiger charge is -2.26. The van der Waals surface area contributed by atoms with Crippen molar-refractivity contribution in [3.05, 3.63) is 6.33 Å². The fraction of sp³-hybridized carbons (Fsp3) is 0.615. The molecule has 1 aliphatic carbocycles. The number of hydrogen-bond donors (Lipinski definition) is 2. The van der Waals surface area contributed by atoms with Gasteiger partial charge in [-0.15, -0.1) is 0 Å². The van der Waals surface area contributed by atoms with Crippen LogP contribution in [0.15, 0.2) is 6.33 Å². The van der Waals surface area contributed by atoms with E-state index in [9.17, 15) is 0 Å². The van der Waals surface area contributed by atoms with Crippen LogP contribution in [0.1, 0.15) is 32.6 Å². The minimum Gasteiger partial charge on any atom is -0.473 e. The molecule has 0 bridgehead atoms. The van der Waals surface area contributed by atoms with Crippen molar-refractivity contribution >= 4 is 17.1 Å². The molecular formula is C13H19N5O. The van der Waals surface area contributed by atoms with Crippen LogP contribution in [0, 0.1) is 5.92 Å². The normalized spacial score (nSPS) is 23.5. The summed E-state index contributed by atoms with van der Waals surface area (Å²) in [4.78, 5) is 15.9. The maximum atomic E-state index is 6.06. The first-order valence-corrected chi connectivity index (χ1v) is 6.82. The molecule has 2 heterocycles. The molecule has 0 aliphatic heterocycles. The highest BCUT2D eigenvalue weighted by atomic mass is 16.5. The van der Waals surface area contributed by atoms with E-state index in [-0.39, 0.29) is 6.10 Å². The molecule has 6 heteroatoms. The predicted molar refractivity (Wildman–Crippen MR) is 73.3 cm³/mol. The Bertz CT molecular complexity index is 559. The van der Waals surface area contributed by atoms with Crippen molar-refractivity contribution in [2.45, 2.75) is 38.7 Å². The molecule has 1 saturated carbocycles. The summed E-state index contributed by atoms with van der Waals surface area (Å²) in [6.45, 7) is 2.30. The third kappa shape index (κ3) is 2.47. The van der Waals surface area contributed by atoms with Crippen molar-refractivity contribution in [1.29, 1.82) is 0 Å². The van der Waals surface area contributed by atoms with Crippen molar-refractivity contribution in [2.24, 2.45) is 5.92 Å². The average molecular weight is 261 g/mol. The Morgan fingerprint density at radius 2 is 2.05 bits per heavy atom. The molecule has 0 unspecified atom stereocenters. The Morgan fingerprint density at radius 1 is 1.26 bits per heavy atom. The van der Waals surface area contributed by atoms with E-state index in [1.54, 1.807) is 13.4 Å². The van der Waals surface area contributed by atoms with Crippen LogP contribution >= 0.6 is 0 Å². The van der Waals surface area contributed by atoms with E-state index in [2.05, 4.69) is 32.2 Å². The van der Waals surface area contributed by atoms with Crippen molar-refractivity contribution in [1.82, 2.24) is 19.9 Å². The molecule has 0 aromatic carbocycles. The topological polar surface area (TPSA) is 75.7 Å². The van der Waals surface area contributed by atoms with Crippen LogP contribution in [0.4, 0.5) is 5.95 Å². The van der Waals surface area contributed by atoms with Crippen LogP contribution in [0.3, 0.4) is 0 Å². The number of rotatable bonds is 3. The number of hydrogen-bond acceptors (Lipinski definition) is 5. The molecule has 102 valence electrons. The Labute approximate surface area is 112 Å². The largest absolute Gasteiger partial charge is 0.473 e. The molecule has 0 spiro atoms. The third-order valence-electron chi connectivity index (χ3n) is 3.72. The second-order valence-electron chi connectivity index (χ2n) is 5.20. The van der Waals surface area contributed by atoms with Gasteiger partial charge in [-0.3, -0.25) is 0 Å². The highest BCUT2D eigenvalue weighted by Gasteiger charge is 2.21. The van der Waals surface area contributed by atoms with E-state index in [1.807, 2.05) is 0 Å². The number of ether oxygens (including phenoxy) is 1. The molecule has 0 atom stereocenters. The first-order chi connectivity index (χ1) is 9.26. The number of H-pyrrole nitrogens is 1. The minimum atomic E-state index is 0.252. The zero-order chi connectivity index (χ0) is 13.2. The number of anilines is 1. The molecular weight excluding hydrogens is 242 g/mol.